The third kappa shape index (κ3) is 2.30. The number of rotatable bonds is 2. The van der Waals surface area contributed by atoms with Crippen LogP contribution in [0.25, 0.3) is 10.1 Å². The number of halogens is 2. The molecule has 1 nitrogen and oxygen atoms in total. The van der Waals surface area contributed by atoms with Gasteiger partial charge < -0.3 is 5.73 Å². The monoisotopic (exact) mass is 401 g/mol. The van der Waals surface area contributed by atoms with Gasteiger partial charge in [-0.15, -0.1) is 22.7 Å². The van der Waals surface area contributed by atoms with Crippen molar-refractivity contribution in [2.24, 2.45) is 5.73 Å². The molecule has 1 unspecified atom stereocenters. The third-order valence-electron chi connectivity index (χ3n) is 2.72. The van der Waals surface area contributed by atoms with Gasteiger partial charge in [0.25, 0.3) is 0 Å². The van der Waals surface area contributed by atoms with E-state index in [1.165, 1.54) is 19.8 Å². The first-order chi connectivity index (χ1) is 8.65. The molecule has 2 heterocycles. The van der Waals surface area contributed by atoms with Gasteiger partial charge >= 0.3 is 0 Å². The molecule has 0 fully saturated rings. The average molecular weight is 403 g/mol. The maximum absolute atomic E-state index is 6.34. The molecule has 0 amide bonds. The van der Waals surface area contributed by atoms with Gasteiger partial charge in [-0.25, -0.2) is 0 Å². The van der Waals surface area contributed by atoms with Crippen molar-refractivity contribution in [1.29, 1.82) is 0 Å². The van der Waals surface area contributed by atoms with E-state index in [2.05, 4.69) is 68.3 Å². The van der Waals surface area contributed by atoms with Crippen LogP contribution in [0.3, 0.4) is 0 Å². The van der Waals surface area contributed by atoms with Crippen molar-refractivity contribution in [3.05, 3.63) is 54.4 Å². The van der Waals surface area contributed by atoms with E-state index in [1.807, 2.05) is 0 Å². The molecule has 92 valence electrons. The van der Waals surface area contributed by atoms with Crippen molar-refractivity contribution in [2.45, 2.75) is 6.04 Å². The van der Waals surface area contributed by atoms with Crippen molar-refractivity contribution in [3.8, 4) is 0 Å². The first-order valence-corrected chi connectivity index (χ1v) is 8.56. The summed E-state index contributed by atoms with van der Waals surface area (Å²) in [6.45, 7) is 0. The Hall–Kier alpha value is -0.200. The Bertz CT molecular complexity index is 649. The molecule has 2 aromatic heterocycles. The Morgan fingerprint density at radius 3 is 2.39 bits per heavy atom. The van der Waals surface area contributed by atoms with E-state index < -0.39 is 0 Å². The van der Waals surface area contributed by atoms with Crippen molar-refractivity contribution >= 4 is 64.6 Å². The highest BCUT2D eigenvalue weighted by Gasteiger charge is 2.16. The molecule has 1 aromatic carbocycles. The van der Waals surface area contributed by atoms with Crippen LogP contribution in [0, 0.1) is 0 Å². The molecule has 3 rings (SSSR count). The lowest BCUT2D eigenvalue weighted by atomic mass is 10.2. The maximum Gasteiger partial charge on any atom is 0.0843 e. The van der Waals surface area contributed by atoms with Crippen LogP contribution in [0.4, 0.5) is 0 Å². The highest BCUT2D eigenvalue weighted by atomic mass is 79.9. The van der Waals surface area contributed by atoms with Gasteiger partial charge in [-0.1, -0.05) is 18.2 Å². The van der Waals surface area contributed by atoms with E-state index in [1.54, 1.807) is 22.7 Å². The van der Waals surface area contributed by atoms with E-state index in [9.17, 15) is 0 Å². The molecule has 0 saturated carbocycles. The van der Waals surface area contributed by atoms with E-state index in [-0.39, 0.29) is 6.04 Å². The second-order valence-corrected chi connectivity index (χ2v) is 8.31. The van der Waals surface area contributed by atoms with Crippen LogP contribution in [-0.2, 0) is 0 Å². The first kappa shape index (κ1) is 12.8. The Morgan fingerprint density at radius 1 is 1.00 bits per heavy atom. The van der Waals surface area contributed by atoms with Gasteiger partial charge in [-0.3, -0.25) is 0 Å². The molecule has 0 spiro atoms. The zero-order chi connectivity index (χ0) is 12.7. The van der Waals surface area contributed by atoms with E-state index in [4.69, 9.17) is 5.73 Å². The van der Waals surface area contributed by atoms with Gasteiger partial charge in [0.2, 0.25) is 0 Å². The summed E-state index contributed by atoms with van der Waals surface area (Å²) in [5, 5.41) is 1.27. The molecule has 18 heavy (non-hydrogen) atoms. The number of nitrogens with two attached hydrogens (primary N) is 1. The minimum atomic E-state index is -0.0463. The van der Waals surface area contributed by atoms with Gasteiger partial charge in [-0.2, -0.15) is 0 Å². The summed E-state index contributed by atoms with van der Waals surface area (Å²) >= 11 is 10.5. The Balaban J connectivity index is 2.03. The van der Waals surface area contributed by atoms with Crippen LogP contribution in [0.2, 0.25) is 0 Å². The Morgan fingerprint density at radius 2 is 1.72 bits per heavy atom. The van der Waals surface area contributed by atoms with Gasteiger partial charge in [0.15, 0.2) is 0 Å². The van der Waals surface area contributed by atoms with Gasteiger partial charge in [0.05, 0.1) is 9.83 Å². The normalized spacial score (nSPS) is 13.1. The van der Waals surface area contributed by atoms with Gasteiger partial charge in [0, 0.05) is 18.9 Å². The third-order valence-corrected chi connectivity index (χ3v) is 7.26. The lowest BCUT2D eigenvalue weighted by Gasteiger charge is -2.05. The smallest absolute Gasteiger partial charge is 0.0843 e. The summed E-state index contributed by atoms with van der Waals surface area (Å²) in [5.41, 5.74) is 6.34. The zero-order valence-electron chi connectivity index (χ0n) is 9.19. The SMILES string of the molecule is NC(c1cc(Br)c(Br)s1)c1cc2ccccc2s1. The molecule has 0 aliphatic rings. The molecule has 0 bridgehead atoms. The largest absolute Gasteiger partial charge is 0.319 e. The second-order valence-electron chi connectivity index (χ2n) is 3.93. The van der Waals surface area contributed by atoms with Crippen LogP contribution in [0.1, 0.15) is 15.8 Å². The average Bonchev–Trinajstić information content (AvgIpc) is 2.93. The number of hydrogen-bond donors (Lipinski definition) is 1. The number of hydrogen-bond acceptors (Lipinski definition) is 3. The fourth-order valence-corrected chi connectivity index (χ4v) is 5.08. The Kier molecular flexibility index (Phi) is 3.60. The van der Waals surface area contributed by atoms with Crippen LogP contribution < -0.4 is 5.73 Å². The lowest BCUT2D eigenvalue weighted by Crippen LogP contribution is -2.07. The van der Waals surface area contributed by atoms with Crippen LogP contribution >= 0.6 is 54.5 Å². The van der Waals surface area contributed by atoms with E-state index in [0.717, 1.165) is 8.26 Å². The minimum Gasteiger partial charge on any atom is -0.319 e. The predicted octanol–water partition coefficient (Wildman–Crippen LogP) is 5.54. The predicted molar refractivity (Wildman–Crippen MR) is 87.6 cm³/mol. The van der Waals surface area contributed by atoms with Crippen molar-refractivity contribution in [1.82, 2.24) is 0 Å². The van der Waals surface area contributed by atoms with Crippen molar-refractivity contribution < 1.29 is 0 Å². The summed E-state index contributed by atoms with van der Waals surface area (Å²) in [6, 6.07) is 12.6. The number of benzene rings is 1. The standard InChI is InChI=1S/C13H9Br2NS2/c14-8-6-11(18-13(8)15)12(16)10-5-7-3-1-2-4-9(7)17-10/h1-6,12H,16H2. The molecule has 3 aromatic rings. The summed E-state index contributed by atoms with van der Waals surface area (Å²) in [7, 11) is 0. The van der Waals surface area contributed by atoms with Crippen LogP contribution in [0.5, 0.6) is 0 Å². The molecule has 2 N–H and O–H groups in total. The van der Waals surface area contributed by atoms with Gasteiger partial charge in [0.1, 0.15) is 0 Å². The summed E-state index contributed by atoms with van der Waals surface area (Å²) in [6.07, 6.45) is 0. The summed E-state index contributed by atoms with van der Waals surface area (Å²) < 4.78 is 3.45. The molecule has 5 heteroatoms. The molecular weight excluding hydrogens is 394 g/mol. The zero-order valence-corrected chi connectivity index (χ0v) is 14.0. The highest BCUT2D eigenvalue weighted by Crippen LogP contribution is 2.39. The topological polar surface area (TPSA) is 26.0 Å². The molecule has 0 aliphatic carbocycles. The molecule has 0 aliphatic heterocycles. The van der Waals surface area contributed by atoms with Gasteiger partial charge in [-0.05, 0) is 55.4 Å². The van der Waals surface area contributed by atoms with Crippen molar-refractivity contribution in [3.63, 3.8) is 0 Å². The fourth-order valence-electron chi connectivity index (χ4n) is 1.81. The van der Waals surface area contributed by atoms with E-state index in [0.29, 0.717) is 0 Å². The van der Waals surface area contributed by atoms with Crippen LogP contribution in [-0.4, -0.2) is 0 Å². The second kappa shape index (κ2) is 5.06. The fraction of sp³-hybridized carbons (Fsp3) is 0.0769. The summed E-state index contributed by atoms with van der Waals surface area (Å²) in [5.74, 6) is 0. The number of fused-ring (bicyclic) bond motifs is 1. The number of thiophene rings is 2. The Labute approximate surface area is 130 Å². The maximum atomic E-state index is 6.34. The lowest BCUT2D eigenvalue weighted by molar-refractivity contribution is 0.918. The summed E-state index contributed by atoms with van der Waals surface area (Å²) in [4.78, 5) is 2.37. The quantitative estimate of drug-likeness (QED) is 0.598. The molecule has 0 saturated heterocycles. The molecule has 0 radical (unpaired) electrons. The molecule has 1 atom stereocenters. The first-order valence-electron chi connectivity index (χ1n) is 5.34. The van der Waals surface area contributed by atoms with E-state index >= 15 is 0 Å². The molecular formula is C13H9Br2NS2. The minimum absolute atomic E-state index is 0.0463. The highest BCUT2D eigenvalue weighted by molar-refractivity contribution is 9.13. The van der Waals surface area contributed by atoms with Crippen LogP contribution in [0.15, 0.2) is 44.7 Å². The van der Waals surface area contributed by atoms with Crippen molar-refractivity contribution in [2.75, 3.05) is 0 Å².